The lowest BCUT2D eigenvalue weighted by molar-refractivity contribution is -0.137. The molecule has 3 N–H and O–H groups in total. The molecule has 0 saturated carbocycles. The first-order chi connectivity index (χ1) is 9.34. The maximum atomic E-state index is 11.5. The highest BCUT2D eigenvalue weighted by atomic mass is 16.4. The fourth-order valence-corrected chi connectivity index (χ4v) is 1.65. The van der Waals surface area contributed by atoms with Gasteiger partial charge in [-0.15, -0.1) is 0 Å². The fourth-order valence-electron chi connectivity index (χ4n) is 1.65. The molecule has 1 atom stereocenters. The van der Waals surface area contributed by atoms with Crippen LogP contribution in [0.2, 0.25) is 0 Å². The number of nitrogens with zero attached hydrogens (tertiary/aromatic N) is 1. The molecule has 0 rings (SSSR count). The van der Waals surface area contributed by atoms with Gasteiger partial charge in [0.15, 0.2) is 0 Å². The Hall–Kier alpha value is -1.79. The van der Waals surface area contributed by atoms with Crippen molar-refractivity contribution in [3.63, 3.8) is 0 Å². The van der Waals surface area contributed by atoms with Gasteiger partial charge in [-0.2, -0.15) is 0 Å². The second kappa shape index (κ2) is 10.1. The van der Waals surface area contributed by atoms with Gasteiger partial charge in [-0.1, -0.05) is 12.8 Å². The van der Waals surface area contributed by atoms with Gasteiger partial charge < -0.3 is 20.6 Å². The van der Waals surface area contributed by atoms with Gasteiger partial charge in [-0.05, 0) is 19.8 Å². The number of aliphatic carboxylic acids is 1. The number of urea groups is 1. The summed E-state index contributed by atoms with van der Waals surface area (Å²) in [5.74, 6) is -0.934. The van der Waals surface area contributed by atoms with Crippen LogP contribution in [-0.2, 0) is 9.59 Å². The maximum absolute atomic E-state index is 11.5. The molecule has 7 nitrogen and oxygen atoms in total. The molecule has 116 valence electrons. The van der Waals surface area contributed by atoms with Gasteiger partial charge >= 0.3 is 12.0 Å². The summed E-state index contributed by atoms with van der Waals surface area (Å²) in [4.78, 5) is 34.7. The van der Waals surface area contributed by atoms with Crippen molar-refractivity contribution in [2.24, 2.45) is 0 Å². The van der Waals surface area contributed by atoms with Crippen LogP contribution in [0.5, 0.6) is 0 Å². The molecule has 0 bridgehead atoms. The summed E-state index contributed by atoms with van der Waals surface area (Å²) >= 11 is 0. The smallest absolute Gasteiger partial charge is 0.315 e. The van der Waals surface area contributed by atoms with E-state index < -0.39 is 12.0 Å². The molecule has 3 amide bonds. The Morgan fingerprint density at radius 1 is 1.10 bits per heavy atom. The van der Waals surface area contributed by atoms with Crippen molar-refractivity contribution in [1.29, 1.82) is 0 Å². The van der Waals surface area contributed by atoms with E-state index in [9.17, 15) is 14.4 Å². The Bertz CT molecular complexity index is 332. The molecule has 1 unspecified atom stereocenters. The summed E-state index contributed by atoms with van der Waals surface area (Å²) in [5.41, 5.74) is 0. The zero-order valence-corrected chi connectivity index (χ0v) is 12.4. The SMILES string of the molecule is CC(NC(=O)NCCCCCCC(=O)O)C(=O)N(C)C. The minimum absolute atomic E-state index is 0.158. The molecular formula is C13H25N3O4. The molecule has 0 spiro atoms. The van der Waals surface area contributed by atoms with Crippen LogP contribution in [0, 0.1) is 0 Å². The van der Waals surface area contributed by atoms with Gasteiger partial charge in [0.05, 0.1) is 0 Å². The number of likely N-dealkylation sites (N-methyl/N-ethyl adjacent to an activating group) is 1. The number of hydrogen-bond acceptors (Lipinski definition) is 3. The lowest BCUT2D eigenvalue weighted by Gasteiger charge is -2.18. The summed E-state index contributed by atoms with van der Waals surface area (Å²) in [6.07, 6.45) is 3.36. The standard InChI is InChI=1S/C13H25N3O4/c1-10(12(19)16(2)3)15-13(20)14-9-7-5-4-6-8-11(17)18/h10H,4-9H2,1-3H3,(H,17,18)(H2,14,15,20). The number of carbonyl (C=O) groups excluding carboxylic acids is 2. The molecule has 0 aromatic carbocycles. The first-order valence-electron chi connectivity index (χ1n) is 6.82. The zero-order valence-electron chi connectivity index (χ0n) is 12.4. The van der Waals surface area contributed by atoms with Crippen LogP contribution in [0.25, 0.3) is 0 Å². The minimum Gasteiger partial charge on any atom is -0.481 e. The lowest BCUT2D eigenvalue weighted by Crippen LogP contribution is -2.48. The van der Waals surface area contributed by atoms with E-state index in [1.165, 1.54) is 4.90 Å². The molecule has 0 aliphatic rings. The van der Waals surface area contributed by atoms with Gasteiger partial charge in [0.1, 0.15) is 6.04 Å². The van der Waals surface area contributed by atoms with Crippen molar-refractivity contribution in [2.75, 3.05) is 20.6 Å². The number of carboxylic acids is 1. The van der Waals surface area contributed by atoms with E-state index in [2.05, 4.69) is 10.6 Å². The summed E-state index contributed by atoms with van der Waals surface area (Å²) in [6.45, 7) is 2.15. The number of rotatable bonds is 9. The van der Waals surface area contributed by atoms with Gasteiger partial charge in [-0.25, -0.2) is 4.79 Å². The van der Waals surface area contributed by atoms with E-state index >= 15 is 0 Å². The van der Waals surface area contributed by atoms with Crippen LogP contribution in [0.3, 0.4) is 0 Å². The Balaban J connectivity index is 3.59. The number of nitrogens with one attached hydrogen (secondary N) is 2. The van der Waals surface area contributed by atoms with E-state index in [4.69, 9.17) is 5.11 Å². The first-order valence-corrected chi connectivity index (χ1v) is 6.82. The van der Waals surface area contributed by atoms with Gasteiger partial charge in [-0.3, -0.25) is 9.59 Å². The minimum atomic E-state index is -0.776. The highest BCUT2D eigenvalue weighted by Gasteiger charge is 2.16. The van der Waals surface area contributed by atoms with Crippen LogP contribution < -0.4 is 10.6 Å². The summed E-state index contributed by atoms with van der Waals surface area (Å²) in [6, 6.07) is -0.918. The molecule has 0 saturated heterocycles. The van der Waals surface area contributed by atoms with Crippen molar-refractivity contribution >= 4 is 17.9 Å². The first kappa shape index (κ1) is 18.2. The molecule has 7 heteroatoms. The second-order valence-electron chi connectivity index (χ2n) is 4.91. The van der Waals surface area contributed by atoms with Crippen LogP contribution in [0.4, 0.5) is 4.79 Å². The quantitative estimate of drug-likeness (QED) is 0.546. The average molecular weight is 287 g/mol. The van der Waals surface area contributed by atoms with E-state index in [1.54, 1.807) is 21.0 Å². The fraction of sp³-hybridized carbons (Fsp3) is 0.769. The third-order valence-electron chi connectivity index (χ3n) is 2.76. The molecule has 0 aromatic rings. The largest absolute Gasteiger partial charge is 0.481 e. The maximum Gasteiger partial charge on any atom is 0.315 e. The molecular weight excluding hydrogens is 262 g/mol. The number of carbonyl (C=O) groups is 3. The van der Waals surface area contributed by atoms with Crippen molar-refractivity contribution in [3.8, 4) is 0 Å². The highest BCUT2D eigenvalue weighted by Crippen LogP contribution is 2.02. The highest BCUT2D eigenvalue weighted by molar-refractivity contribution is 5.86. The second-order valence-corrected chi connectivity index (χ2v) is 4.91. The van der Waals surface area contributed by atoms with Gasteiger partial charge in [0, 0.05) is 27.1 Å². The summed E-state index contributed by atoms with van der Waals surface area (Å²) < 4.78 is 0. The van der Waals surface area contributed by atoms with Crippen LogP contribution >= 0.6 is 0 Å². The Morgan fingerprint density at radius 3 is 2.25 bits per heavy atom. The van der Waals surface area contributed by atoms with E-state index in [1.807, 2.05) is 0 Å². The van der Waals surface area contributed by atoms with Crippen LogP contribution in [-0.4, -0.2) is 54.6 Å². The number of amides is 3. The molecule has 0 aromatic heterocycles. The Kier molecular flexibility index (Phi) is 9.15. The third kappa shape index (κ3) is 9.18. The predicted molar refractivity (Wildman–Crippen MR) is 75.4 cm³/mol. The van der Waals surface area contributed by atoms with Crippen LogP contribution in [0.1, 0.15) is 39.0 Å². The third-order valence-corrected chi connectivity index (χ3v) is 2.76. The average Bonchev–Trinajstić information content (AvgIpc) is 2.35. The molecule has 0 fully saturated rings. The zero-order chi connectivity index (χ0) is 15.5. The molecule has 0 aliphatic carbocycles. The molecule has 20 heavy (non-hydrogen) atoms. The topological polar surface area (TPSA) is 98.7 Å². The van der Waals surface area contributed by atoms with Crippen molar-refractivity contribution in [3.05, 3.63) is 0 Å². The summed E-state index contributed by atoms with van der Waals surface area (Å²) in [5, 5.41) is 13.7. The number of carboxylic acid groups (broad SMARTS) is 1. The van der Waals surface area contributed by atoms with E-state index in [0.29, 0.717) is 13.0 Å². The molecule has 0 aliphatic heterocycles. The molecule has 0 heterocycles. The van der Waals surface area contributed by atoms with Crippen molar-refractivity contribution in [2.45, 2.75) is 45.1 Å². The monoisotopic (exact) mass is 287 g/mol. The Labute approximate surface area is 119 Å². The van der Waals surface area contributed by atoms with Crippen molar-refractivity contribution < 1.29 is 19.5 Å². The summed E-state index contributed by atoms with van der Waals surface area (Å²) in [7, 11) is 3.27. The lowest BCUT2D eigenvalue weighted by atomic mass is 10.1. The van der Waals surface area contributed by atoms with Crippen LogP contribution in [0.15, 0.2) is 0 Å². The Morgan fingerprint density at radius 2 is 1.70 bits per heavy atom. The van der Waals surface area contributed by atoms with Gasteiger partial charge in [0.25, 0.3) is 0 Å². The van der Waals surface area contributed by atoms with Gasteiger partial charge in [0.2, 0.25) is 5.91 Å². The van der Waals surface area contributed by atoms with E-state index in [-0.39, 0.29) is 18.4 Å². The predicted octanol–water partition coefficient (Wildman–Crippen LogP) is 0.797. The number of hydrogen-bond donors (Lipinski definition) is 3. The van der Waals surface area contributed by atoms with E-state index in [0.717, 1.165) is 19.3 Å². The van der Waals surface area contributed by atoms with Crippen molar-refractivity contribution in [1.82, 2.24) is 15.5 Å². The normalized spacial score (nSPS) is 11.6. The number of unbranched alkanes of at least 4 members (excludes halogenated alkanes) is 3. The molecule has 0 radical (unpaired) electrons.